The smallest absolute Gasteiger partial charge is 0.311 e. The number of hydrogen-bond donors (Lipinski definition) is 1. The normalized spacial score (nSPS) is 10.2. The molecule has 0 aliphatic rings. The first-order valence-corrected chi connectivity index (χ1v) is 6.40. The molecule has 0 aromatic heterocycles. The topological polar surface area (TPSA) is 64.4 Å². The van der Waals surface area contributed by atoms with Gasteiger partial charge in [0.05, 0.1) is 11.5 Å². The Kier molecular flexibility index (Phi) is 6.60. The average Bonchev–Trinajstić information content (AvgIpc) is 2.40. The number of ether oxygens (including phenoxy) is 1. The third kappa shape index (κ3) is 5.09. The zero-order valence-corrected chi connectivity index (χ0v) is 11.2. The lowest BCUT2D eigenvalue weighted by Gasteiger charge is -2.08. The Balaban J connectivity index is 2.76. The maximum Gasteiger partial charge on any atom is 0.311 e. The summed E-state index contributed by atoms with van der Waals surface area (Å²) in [6, 6.07) is 5.06. The quantitative estimate of drug-likeness (QED) is 0.322. The summed E-state index contributed by atoms with van der Waals surface area (Å²) in [5.41, 5.74) is 0.899. The van der Waals surface area contributed by atoms with Gasteiger partial charge in [-0.1, -0.05) is 19.1 Å². The van der Waals surface area contributed by atoms with Crippen LogP contribution in [-0.4, -0.2) is 18.1 Å². The van der Waals surface area contributed by atoms with Crippen LogP contribution in [0.5, 0.6) is 5.75 Å². The van der Waals surface area contributed by atoms with Crippen LogP contribution in [-0.2, 0) is 6.54 Å². The van der Waals surface area contributed by atoms with Crippen LogP contribution in [0.4, 0.5) is 5.69 Å². The zero-order valence-electron chi connectivity index (χ0n) is 11.2. The lowest BCUT2D eigenvalue weighted by atomic mass is 10.2. The SMILES string of the molecule is C=CCCOc1ccc(CNCCC)cc1[N+](=O)[O-]. The summed E-state index contributed by atoms with van der Waals surface area (Å²) < 4.78 is 5.39. The highest BCUT2D eigenvalue weighted by atomic mass is 16.6. The van der Waals surface area contributed by atoms with Gasteiger partial charge in [0, 0.05) is 12.6 Å². The van der Waals surface area contributed by atoms with E-state index in [-0.39, 0.29) is 5.69 Å². The maximum atomic E-state index is 11.0. The molecule has 0 amide bonds. The fourth-order valence-electron chi connectivity index (χ4n) is 1.60. The van der Waals surface area contributed by atoms with Gasteiger partial charge in [-0.2, -0.15) is 0 Å². The number of benzene rings is 1. The first-order valence-electron chi connectivity index (χ1n) is 6.40. The molecule has 0 saturated carbocycles. The van der Waals surface area contributed by atoms with Crippen LogP contribution in [0.1, 0.15) is 25.3 Å². The predicted molar refractivity (Wildman–Crippen MR) is 75.4 cm³/mol. The van der Waals surface area contributed by atoms with Crippen molar-refractivity contribution in [3.8, 4) is 5.75 Å². The summed E-state index contributed by atoms with van der Waals surface area (Å²) in [6.45, 7) is 7.58. The van der Waals surface area contributed by atoms with Gasteiger partial charge in [-0.25, -0.2) is 0 Å². The highest BCUT2D eigenvalue weighted by Gasteiger charge is 2.15. The summed E-state index contributed by atoms with van der Waals surface area (Å²) in [7, 11) is 0. The van der Waals surface area contributed by atoms with E-state index in [0.717, 1.165) is 18.5 Å². The van der Waals surface area contributed by atoms with Gasteiger partial charge in [-0.05, 0) is 31.0 Å². The monoisotopic (exact) mass is 264 g/mol. The van der Waals surface area contributed by atoms with Crippen LogP contribution < -0.4 is 10.1 Å². The Morgan fingerprint density at radius 1 is 1.53 bits per heavy atom. The molecule has 0 heterocycles. The van der Waals surface area contributed by atoms with Crippen LogP contribution in [0, 0.1) is 10.1 Å². The molecular weight excluding hydrogens is 244 g/mol. The molecule has 5 heteroatoms. The lowest BCUT2D eigenvalue weighted by molar-refractivity contribution is -0.385. The number of rotatable bonds is 9. The number of nitro benzene ring substituents is 1. The molecule has 1 N–H and O–H groups in total. The molecule has 0 fully saturated rings. The Hall–Kier alpha value is -1.88. The van der Waals surface area contributed by atoms with Crippen molar-refractivity contribution in [1.29, 1.82) is 0 Å². The van der Waals surface area contributed by atoms with Crippen molar-refractivity contribution in [2.45, 2.75) is 26.3 Å². The van der Waals surface area contributed by atoms with Crippen molar-refractivity contribution < 1.29 is 9.66 Å². The van der Waals surface area contributed by atoms with Gasteiger partial charge in [0.15, 0.2) is 5.75 Å². The molecule has 0 atom stereocenters. The van der Waals surface area contributed by atoms with E-state index in [4.69, 9.17) is 4.74 Å². The highest BCUT2D eigenvalue weighted by molar-refractivity contribution is 5.48. The fourth-order valence-corrected chi connectivity index (χ4v) is 1.60. The minimum absolute atomic E-state index is 0.0138. The largest absolute Gasteiger partial charge is 0.486 e. The minimum Gasteiger partial charge on any atom is -0.486 e. The average molecular weight is 264 g/mol. The molecule has 0 radical (unpaired) electrons. The van der Waals surface area contributed by atoms with Crippen LogP contribution in [0.15, 0.2) is 30.9 Å². The number of hydrogen-bond acceptors (Lipinski definition) is 4. The van der Waals surface area contributed by atoms with E-state index in [1.165, 1.54) is 0 Å². The Labute approximate surface area is 113 Å². The lowest BCUT2D eigenvalue weighted by Crippen LogP contribution is -2.14. The van der Waals surface area contributed by atoms with Crippen molar-refractivity contribution in [3.05, 3.63) is 46.5 Å². The standard InChI is InChI=1S/C14H20N2O3/c1-3-5-9-19-14-7-6-12(11-15-8-4-2)10-13(14)16(17)18/h3,6-7,10,15H,1,4-5,8-9,11H2,2H3. The van der Waals surface area contributed by atoms with Gasteiger partial charge < -0.3 is 10.1 Å². The molecule has 0 bridgehead atoms. The van der Waals surface area contributed by atoms with E-state index in [9.17, 15) is 10.1 Å². The van der Waals surface area contributed by atoms with Gasteiger partial charge in [0.25, 0.3) is 0 Å². The van der Waals surface area contributed by atoms with Gasteiger partial charge in [0.1, 0.15) is 0 Å². The first kappa shape index (κ1) is 15.2. The van der Waals surface area contributed by atoms with Crippen LogP contribution in [0.2, 0.25) is 0 Å². The summed E-state index contributed by atoms with van der Waals surface area (Å²) >= 11 is 0. The number of nitrogens with one attached hydrogen (secondary N) is 1. The predicted octanol–water partition coefficient (Wildman–Crippen LogP) is 3.05. The van der Waals surface area contributed by atoms with E-state index in [0.29, 0.717) is 25.3 Å². The van der Waals surface area contributed by atoms with E-state index in [1.54, 1.807) is 18.2 Å². The third-order valence-corrected chi connectivity index (χ3v) is 2.56. The Bertz CT molecular complexity index is 433. The zero-order chi connectivity index (χ0) is 14.1. The molecular formula is C14H20N2O3. The summed E-state index contributed by atoms with van der Waals surface area (Å²) in [6.07, 6.45) is 3.41. The molecule has 0 unspecified atom stereocenters. The van der Waals surface area contributed by atoms with E-state index < -0.39 is 4.92 Å². The van der Waals surface area contributed by atoms with Crippen molar-refractivity contribution in [3.63, 3.8) is 0 Å². The second-order valence-electron chi connectivity index (χ2n) is 4.16. The molecule has 1 aromatic rings. The van der Waals surface area contributed by atoms with Crippen LogP contribution >= 0.6 is 0 Å². The van der Waals surface area contributed by atoms with Crippen molar-refractivity contribution >= 4 is 5.69 Å². The maximum absolute atomic E-state index is 11.0. The molecule has 0 saturated heterocycles. The number of nitrogens with zero attached hydrogens (tertiary/aromatic N) is 1. The molecule has 0 spiro atoms. The minimum atomic E-state index is -0.410. The summed E-state index contributed by atoms with van der Waals surface area (Å²) in [5.74, 6) is 0.311. The third-order valence-electron chi connectivity index (χ3n) is 2.56. The highest BCUT2D eigenvalue weighted by Crippen LogP contribution is 2.28. The Morgan fingerprint density at radius 3 is 2.95 bits per heavy atom. The molecule has 104 valence electrons. The van der Waals surface area contributed by atoms with Crippen molar-refractivity contribution in [2.75, 3.05) is 13.2 Å². The second-order valence-corrected chi connectivity index (χ2v) is 4.16. The van der Waals surface area contributed by atoms with Crippen LogP contribution in [0.25, 0.3) is 0 Å². The van der Waals surface area contributed by atoms with Crippen molar-refractivity contribution in [2.24, 2.45) is 0 Å². The fraction of sp³-hybridized carbons (Fsp3) is 0.429. The van der Waals surface area contributed by atoms with E-state index >= 15 is 0 Å². The van der Waals surface area contributed by atoms with Crippen molar-refractivity contribution in [1.82, 2.24) is 5.32 Å². The van der Waals surface area contributed by atoms with E-state index in [1.807, 2.05) is 6.07 Å². The molecule has 0 aliphatic carbocycles. The summed E-state index contributed by atoms with van der Waals surface area (Å²) in [4.78, 5) is 10.6. The molecule has 0 aliphatic heterocycles. The molecule has 1 rings (SSSR count). The van der Waals surface area contributed by atoms with Gasteiger partial charge in [-0.15, -0.1) is 6.58 Å². The number of nitro groups is 1. The molecule has 5 nitrogen and oxygen atoms in total. The van der Waals surface area contributed by atoms with Gasteiger partial charge >= 0.3 is 5.69 Å². The summed E-state index contributed by atoms with van der Waals surface area (Å²) in [5, 5.41) is 14.2. The second kappa shape index (κ2) is 8.26. The van der Waals surface area contributed by atoms with Crippen LogP contribution in [0.3, 0.4) is 0 Å². The Morgan fingerprint density at radius 2 is 2.32 bits per heavy atom. The molecule has 1 aromatic carbocycles. The first-order chi connectivity index (χ1) is 9.19. The van der Waals surface area contributed by atoms with E-state index in [2.05, 4.69) is 18.8 Å². The van der Waals surface area contributed by atoms with Gasteiger partial charge in [-0.3, -0.25) is 10.1 Å². The molecule has 19 heavy (non-hydrogen) atoms. The van der Waals surface area contributed by atoms with Gasteiger partial charge in [0.2, 0.25) is 0 Å².